The number of nitrogens with one attached hydrogen (secondary N) is 1. The molecule has 0 aromatic heterocycles. The lowest BCUT2D eigenvalue weighted by molar-refractivity contribution is -0.117. The Labute approximate surface area is 143 Å². The number of hydrogen-bond acceptors (Lipinski definition) is 3. The molecular weight excluding hydrogens is 300 g/mol. The van der Waals surface area contributed by atoms with Crippen LogP contribution in [0.2, 0.25) is 0 Å². The van der Waals surface area contributed by atoms with E-state index in [-0.39, 0.29) is 18.0 Å². The van der Waals surface area contributed by atoms with E-state index < -0.39 is 0 Å². The highest BCUT2D eigenvalue weighted by Gasteiger charge is 2.32. The average Bonchev–Trinajstić information content (AvgIpc) is 2.55. The van der Waals surface area contributed by atoms with Gasteiger partial charge in [-0.1, -0.05) is 17.7 Å². The van der Waals surface area contributed by atoms with Gasteiger partial charge in [0.2, 0.25) is 5.91 Å². The Hall–Kier alpha value is -2.49. The molecule has 0 saturated carbocycles. The zero-order valence-corrected chi connectivity index (χ0v) is 14.7. The molecule has 1 N–H and O–H groups in total. The predicted molar refractivity (Wildman–Crippen MR) is 97.8 cm³/mol. The fourth-order valence-electron chi connectivity index (χ4n) is 3.49. The second kappa shape index (κ2) is 6.56. The van der Waals surface area contributed by atoms with E-state index in [0.29, 0.717) is 0 Å². The highest BCUT2D eigenvalue weighted by molar-refractivity contribution is 5.93. The highest BCUT2D eigenvalue weighted by atomic mass is 16.5. The molecule has 4 heteroatoms. The Morgan fingerprint density at radius 3 is 2.54 bits per heavy atom. The zero-order valence-electron chi connectivity index (χ0n) is 14.7. The van der Waals surface area contributed by atoms with Crippen molar-refractivity contribution in [2.24, 2.45) is 0 Å². The molecule has 0 saturated heterocycles. The van der Waals surface area contributed by atoms with Crippen LogP contribution in [0.5, 0.6) is 5.75 Å². The number of carbonyl (C=O) groups is 1. The topological polar surface area (TPSA) is 41.6 Å². The van der Waals surface area contributed by atoms with E-state index in [2.05, 4.69) is 37.4 Å². The number of hydrogen-bond donors (Lipinski definition) is 1. The number of nitrogens with zero attached hydrogens (tertiary/aromatic N) is 1. The summed E-state index contributed by atoms with van der Waals surface area (Å²) < 4.78 is 5.22. The van der Waals surface area contributed by atoms with Gasteiger partial charge in [0.15, 0.2) is 0 Å². The van der Waals surface area contributed by atoms with Crippen molar-refractivity contribution in [2.75, 3.05) is 17.3 Å². The third-order valence-corrected chi connectivity index (χ3v) is 4.61. The van der Waals surface area contributed by atoms with Crippen molar-refractivity contribution in [2.45, 2.75) is 39.3 Å². The fourth-order valence-corrected chi connectivity index (χ4v) is 3.49. The summed E-state index contributed by atoms with van der Waals surface area (Å²) in [4.78, 5) is 14.0. The number of amides is 1. The van der Waals surface area contributed by atoms with Gasteiger partial charge in [0.25, 0.3) is 0 Å². The molecule has 0 radical (unpaired) electrons. The number of carbonyl (C=O) groups excluding carboxylic acids is 1. The second-order valence-electron chi connectivity index (χ2n) is 6.46. The maximum absolute atomic E-state index is 12.1. The molecule has 4 nitrogen and oxygen atoms in total. The van der Waals surface area contributed by atoms with Crippen molar-refractivity contribution in [3.8, 4) is 5.75 Å². The van der Waals surface area contributed by atoms with Crippen molar-refractivity contribution < 1.29 is 9.53 Å². The first-order valence-corrected chi connectivity index (χ1v) is 8.30. The molecule has 126 valence electrons. The van der Waals surface area contributed by atoms with Crippen molar-refractivity contribution >= 4 is 17.3 Å². The predicted octanol–water partition coefficient (Wildman–Crippen LogP) is 4.30. The minimum Gasteiger partial charge on any atom is -0.497 e. The number of rotatable bonds is 3. The fraction of sp³-hybridized carbons (Fsp3) is 0.350. The molecule has 0 aliphatic carbocycles. The van der Waals surface area contributed by atoms with Gasteiger partial charge in [-0.2, -0.15) is 0 Å². The minimum absolute atomic E-state index is 0.0931. The molecular formula is C20H24N2O2. The van der Waals surface area contributed by atoms with Crippen LogP contribution in [0.3, 0.4) is 0 Å². The largest absolute Gasteiger partial charge is 0.497 e. The van der Waals surface area contributed by atoms with Gasteiger partial charge < -0.3 is 15.0 Å². The van der Waals surface area contributed by atoms with Crippen LogP contribution in [0.25, 0.3) is 0 Å². The Balaban J connectivity index is 1.94. The maximum Gasteiger partial charge on any atom is 0.224 e. The number of aryl methyl sites for hydroxylation is 1. The lowest BCUT2D eigenvalue weighted by atomic mass is 9.90. The third-order valence-electron chi connectivity index (χ3n) is 4.61. The quantitative estimate of drug-likeness (QED) is 0.915. The number of ether oxygens (including phenoxy) is 1. The zero-order chi connectivity index (χ0) is 17.3. The summed E-state index contributed by atoms with van der Waals surface area (Å²) in [6.07, 6.45) is 0.877. The lowest BCUT2D eigenvalue weighted by Gasteiger charge is -2.39. The number of methoxy groups -OCH3 is 1. The Bertz CT molecular complexity index is 740. The SMILES string of the molecule is COc1ccc(N[C@@H]2C[C@H](C)N(C(C)=O)c3ccc(C)cc32)cc1. The molecule has 1 aliphatic rings. The van der Waals surface area contributed by atoms with E-state index in [1.54, 1.807) is 14.0 Å². The Morgan fingerprint density at radius 2 is 1.92 bits per heavy atom. The summed E-state index contributed by atoms with van der Waals surface area (Å²) in [5, 5.41) is 3.61. The number of anilines is 2. The summed E-state index contributed by atoms with van der Waals surface area (Å²) in [7, 11) is 1.67. The number of benzene rings is 2. The van der Waals surface area contributed by atoms with Crippen LogP contribution in [-0.2, 0) is 4.79 Å². The molecule has 0 bridgehead atoms. The molecule has 2 aromatic rings. The molecule has 1 aliphatic heterocycles. The standard InChI is InChI=1S/C20H24N2O2/c1-13-5-10-20-18(11-13)19(12-14(2)22(20)15(3)23)21-16-6-8-17(24-4)9-7-16/h5-11,14,19,21H,12H2,1-4H3/t14-,19+/m0/s1. The molecule has 1 heterocycles. The lowest BCUT2D eigenvalue weighted by Crippen LogP contribution is -2.43. The normalized spacial score (nSPS) is 19.6. The van der Waals surface area contributed by atoms with Crippen molar-refractivity contribution in [3.05, 3.63) is 53.6 Å². The molecule has 1 amide bonds. The van der Waals surface area contributed by atoms with Gasteiger partial charge in [-0.05, 0) is 56.2 Å². The minimum atomic E-state index is 0.0931. The van der Waals surface area contributed by atoms with E-state index in [0.717, 1.165) is 23.5 Å². The molecule has 2 atom stereocenters. The van der Waals surface area contributed by atoms with Crippen molar-refractivity contribution in [1.29, 1.82) is 0 Å². The smallest absolute Gasteiger partial charge is 0.224 e. The van der Waals surface area contributed by atoms with E-state index in [4.69, 9.17) is 4.74 Å². The van der Waals surface area contributed by atoms with Crippen LogP contribution in [0, 0.1) is 6.92 Å². The molecule has 0 spiro atoms. The second-order valence-corrected chi connectivity index (χ2v) is 6.46. The van der Waals surface area contributed by atoms with E-state index in [1.165, 1.54) is 11.1 Å². The Morgan fingerprint density at radius 1 is 1.21 bits per heavy atom. The number of fused-ring (bicyclic) bond motifs is 1. The molecule has 2 aromatic carbocycles. The highest BCUT2D eigenvalue weighted by Crippen LogP contribution is 2.39. The summed E-state index contributed by atoms with van der Waals surface area (Å²) in [6, 6.07) is 14.6. The first-order chi connectivity index (χ1) is 11.5. The average molecular weight is 324 g/mol. The molecule has 0 fully saturated rings. The summed E-state index contributed by atoms with van der Waals surface area (Å²) in [5.41, 5.74) is 4.45. The van der Waals surface area contributed by atoms with Gasteiger partial charge in [0.1, 0.15) is 5.75 Å². The van der Waals surface area contributed by atoms with Crippen LogP contribution in [0.4, 0.5) is 11.4 Å². The molecule has 3 rings (SSSR count). The monoisotopic (exact) mass is 324 g/mol. The van der Waals surface area contributed by atoms with Gasteiger partial charge in [-0.3, -0.25) is 4.79 Å². The summed E-state index contributed by atoms with van der Waals surface area (Å²) in [6.45, 7) is 5.82. The van der Waals surface area contributed by atoms with Crippen LogP contribution in [-0.4, -0.2) is 19.1 Å². The van der Waals surface area contributed by atoms with Crippen molar-refractivity contribution in [1.82, 2.24) is 0 Å². The van der Waals surface area contributed by atoms with Gasteiger partial charge >= 0.3 is 0 Å². The molecule has 24 heavy (non-hydrogen) atoms. The van der Waals surface area contributed by atoms with Crippen LogP contribution in [0.1, 0.15) is 37.4 Å². The third kappa shape index (κ3) is 3.09. The van der Waals surface area contributed by atoms with Crippen LogP contribution in [0.15, 0.2) is 42.5 Å². The first-order valence-electron chi connectivity index (χ1n) is 8.30. The van der Waals surface area contributed by atoms with Gasteiger partial charge in [-0.15, -0.1) is 0 Å². The van der Waals surface area contributed by atoms with Gasteiger partial charge in [0, 0.05) is 24.3 Å². The maximum atomic E-state index is 12.1. The van der Waals surface area contributed by atoms with E-state index in [1.807, 2.05) is 29.2 Å². The Kier molecular flexibility index (Phi) is 4.47. The van der Waals surface area contributed by atoms with Crippen LogP contribution >= 0.6 is 0 Å². The van der Waals surface area contributed by atoms with E-state index in [9.17, 15) is 4.79 Å². The van der Waals surface area contributed by atoms with Gasteiger partial charge in [-0.25, -0.2) is 0 Å². The van der Waals surface area contributed by atoms with Crippen molar-refractivity contribution in [3.63, 3.8) is 0 Å². The van der Waals surface area contributed by atoms with E-state index >= 15 is 0 Å². The van der Waals surface area contributed by atoms with Crippen LogP contribution < -0.4 is 15.0 Å². The van der Waals surface area contributed by atoms with Gasteiger partial charge in [0.05, 0.1) is 13.2 Å². The molecule has 0 unspecified atom stereocenters. The summed E-state index contributed by atoms with van der Waals surface area (Å²) >= 11 is 0. The summed E-state index contributed by atoms with van der Waals surface area (Å²) in [5.74, 6) is 0.937. The first kappa shape index (κ1) is 16.4.